The Labute approximate surface area is 293 Å². The zero-order valence-corrected chi connectivity index (χ0v) is 29.5. The quantitative estimate of drug-likeness (QED) is 0.104. The molecule has 0 aliphatic heterocycles. The minimum Gasteiger partial charge on any atom is -0.493 e. The predicted molar refractivity (Wildman–Crippen MR) is 193 cm³/mol. The second-order valence-corrected chi connectivity index (χ2v) is 12.1. The standard InChI is InChI=1S/C38H37N3O8S/c1-23(42)41-29(22-28(40-41)26-20-34(45-4)37(47-6)35(21-26)46-5)24-12-14-30(43-2)32(18-24)48-16-9-17-49-33-19-25(13-15-31(33)44-3)38-39-27-10-7-8-11-36(27)50-38/h7-8,10-15,18-22H,9,16-17H2,1-6H3. The van der Waals surface area contributed by atoms with Crippen LogP contribution in [0.3, 0.4) is 0 Å². The third-order valence-corrected chi connectivity index (χ3v) is 9.02. The molecule has 0 radical (unpaired) electrons. The van der Waals surface area contributed by atoms with E-state index in [9.17, 15) is 4.79 Å². The lowest BCUT2D eigenvalue weighted by Crippen LogP contribution is -2.09. The molecule has 12 heteroatoms. The Bertz CT molecular complexity index is 2080. The van der Waals surface area contributed by atoms with Gasteiger partial charge >= 0.3 is 0 Å². The lowest BCUT2D eigenvalue weighted by molar-refractivity contribution is 0.0923. The van der Waals surface area contributed by atoms with Crippen molar-refractivity contribution in [3.8, 4) is 73.3 Å². The summed E-state index contributed by atoms with van der Waals surface area (Å²) in [6.07, 6.45) is 0.582. The summed E-state index contributed by atoms with van der Waals surface area (Å²) in [5.41, 5.74) is 4.46. The van der Waals surface area contributed by atoms with E-state index in [0.717, 1.165) is 26.4 Å². The van der Waals surface area contributed by atoms with Crippen LogP contribution in [0.15, 0.2) is 78.9 Å². The van der Waals surface area contributed by atoms with Crippen LogP contribution in [0.1, 0.15) is 18.1 Å². The van der Waals surface area contributed by atoms with Gasteiger partial charge in [-0.25, -0.2) is 4.98 Å². The van der Waals surface area contributed by atoms with Crippen molar-refractivity contribution in [2.24, 2.45) is 0 Å². The second-order valence-electron chi connectivity index (χ2n) is 11.0. The fraction of sp³-hybridized carbons (Fsp3) is 0.237. The monoisotopic (exact) mass is 695 g/mol. The van der Waals surface area contributed by atoms with Gasteiger partial charge in [-0.3, -0.25) is 4.79 Å². The minimum absolute atomic E-state index is 0.253. The van der Waals surface area contributed by atoms with Crippen molar-refractivity contribution < 1.29 is 38.0 Å². The molecule has 258 valence electrons. The maximum atomic E-state index is 12.7. The lowest BCUT2D eigenvalue weighted by Gasteiger charge is -2.14. The molecule has 6 rings (SSSR count). The number of rotatable bonds is 14. The highest BCUT2D eigenvalue weighted by atomic mass is 32.1. The number of ether oxygens (including phenoxy) is 7. The molecule has 0 amide bonds. The van der Waals surface area contributed by atoms with E-state index in [1.165, 1.54) is 11.6 Å². The average molecular weight is 696 g/mol. The Balaban J connectivity index is 1.18. The molecule has 50 heavy (non-hydrogen) atoms. The summed E-state index contributed by atoms with van der Waals surface area (Å²) < 4.78 is 42.5. The SMILES string of the molecule is COc1ccc(-c2nc3ccccc3s2)cc1OCCCOc1cc(-c2cc(-c3cc(OC)c(OC)c(OC)c3)nn2C(C)=O)ccc1OC. The van der Waals surface area contributed by atoms with Gasteiger partial charge in [0.1, 0.15) is 5.01 Å². The fourth-order valence-corrected chi connectivity index (χ4v) is 6.45. The van der Waals surface area contributed by atoms with E-state index < -0.39 is 0 Å². The molecule has 0 aliphatic rings. The summed E-state index contributed by atoms with van der Waals surface area (Å²) in [7, 11) is 7.84. The number of aromatic nitrogens is 3. The third-order valence-electron chi connectivity index (χ3n) is 7.94. The van der Waals surface area contributed by atoms with Gasteiger partial charge in [-0.2, -0.15) is 9.78 Å². The van der Waals surface area contributed by atoms with Crippen molar-refractivity contribution in [2.45, 2.75) is 13.3 Å². The van der Waals surface area contributed by atoms with E-state index in [-0.39, 0.29) is 5.91 Å². The average Bonchev–Trinajstić information content (AvgIpc) is 3.80. The van der Waals surface area contributed by atoms with Gasteiger partial charge in [0.15, 0.2) is 34.5 Å². The third kappa shape index (κ3) is 7.01. The van der Waals surface area contributed by atoms with Crippen LogP contribution in [0.2, 0.25) is 0 Å². The molecule has 0 saturated carbocycles. The van der Waals surface area contributed by atoms with E-state index in [1.807, 2.05) is 54.6 Å². The number of benzene rings is 4. The topological polar surface area (TPSA) is 112 Å². The highest BCUT2D eigenvalue weighted by molar-refractivity contribution is 7.21. The Morgan fingerprint density at radius 1 is 0.660 bits per heavy atom. The molecule has 0 N–H and O–H groups in total. The molecule has 0 atom stereocenters. The van der Waals surface area contributed by atoms with E-state index in [2.05, 4.69) is 11.2 Å². The van der Waals surface area contributed by atoms with Gasteiger partial charge in [0.25, 0.3) is 0 Å². The molecule has 11 nitrogen and oxygen atoms in total. The van der Waals surface area contributed by atoms with E-state index in [0.29, 0.717) is 76.8 Å². The van der Waals surface area contributed by atoms with Crippen molar-refractivity contribution in [1.82, 2.24) is 14.8 Å². The van der Waals surface area contributed by atoms with Crippen LogP contribution in [0.25, 0.3) is 43.3 Å². The highest BCUT2D eigenvalue weighted by Gasteiger charge is 2.20. The molecule has 0 bridgehead atoms. The van der Waals surface area contributed by atoms with Crippen LogP contribution in [0.4, 0.5) is 0 Å². The van der Waals surface area contributed by atoms with Crippen molar-refractivity contribution in [3.05, 3.63) is 78.9 Å². The number of carbonyl (C=O) groups excluding carboxylic acids is 1. The molecule has 0 fully saturated rings. The van der Waals surface area contributed by atoms with Crippen LogP contribution in [0.5, 0.6) is 40.2 Å². The van der Waals surface area contributed by atoms with Crippen LogP contribution in [-0.4, -0.2) is 69.4 Å². The number of para-hydroxylation sites is 1. The van der Waals surface area contributed by atoms with Gasteiger partial charge in [-0.05, 0) is 66.7 Å². The molecule has 2 heterocycles. The Kier molecular flexibility index (Phi) is 10.4. The highest BCUT2D eigenvalue weighted by Crippen LogP contribution is 2.42. The molecule has 0 saturated heterocycles. The number of methoxy groups -OCH3 is 5. The normalized spacial score (nSPS) is 10.9. The lowest BCUT2D eigenvalue weighted by atomic mass is 10.1. The van der Waals surface area contributed by atoms with Gasteiger partial charge in [-0.15, -0.1) is 11.3 Å². The number of fused-ring (bicyclic) bond motifs is 1. The maximum absolute atomic E-state index is 12.7. The summed E-state index contributed by atoms with van der Waals surface area (Å²) in [4.78, 5) is 17.5. The predicted octanol–water partition coefficient (Wildman–Crippen LogP) is 8.04. The van der Waals surface area contributed by atoms with Crippen LogP contribution >= 0.6 is 11.3 Å². The van der Waals surface area contributed by atoms with Crippen LogP contribution in [0, 0.1) is 0 Å². The first-order chi connectivity index (χ1) is 24.4. The molecule has 6 aromatic rings. The van der Waals surface area contributed by atoms with E-state index in [1.54, 1.807) is 65.1 Å². The Morgan fingerprint density at radius 3 is 1.82 bits per heavy atom. The van der Waals surface area contributed by atoms with Crippen molar-refractivity contribution >= 4 is 27.5 Å². The van der Waals surface area contributed by atoms with Crippen molar-refractivity contribution in [1.29, 1.82) is 0 Å². The summed E-state index contributed by atoms with van der Waals surface area (Å²) in [6, 6.07) is 24.8. The number of nitrogens with zero attached hydrogens (tertiary/aromatic N) is 3. The van der Waals surface area contributed by atoms with Gasteiger partial charge < -0.3 is 33.2 Å². The first kappa shape index (κ1) is 34.1. The zero-order chi connectivity index (χ0) is 35.2. The van der Waals surface area contributed by atoms with Crippen LogP contribution in [-0.2, 0) is 0 Å². The minimum atomic E-state index is -0.253. The molecular weight excluding hydrogens is 658 g/mol. The van der Waals surface area contributed by atoms with Crippen molar-refractivity contribution in [3.63, 3.8) is 0 Å². The Hall–Kier alpha value is -5.75. The number of thiazole rings is 1. The first-order valence-corrected chi connectivity index (χ1v) is 16.6. The van der Waals surface area contributed by atoms with Gasteiger partial charge in [0, 0.05) is 30.0 Å². The smallest absolute Gasteiger partial charge is 0.244 e. The number of hydrogen-bond donors (Lipinski definition) is 0. The number of carbonyl (C=O) groups is 1. The van der Waals surface area contributed by atoms with Gasteiger partial charge in [0.2, 0.25) is 11.7 Å². The van der Waals surface area contributed by atoms with E-state index in [4.69, 9.17) is 38.1 Å². The molecular formula is C38H37N3O8S. The molecule has 2 aromatic heterocycles. The first-order valence-electron chi connectivity index (χ1n) is 15.8. The molecule has 4 aromatic carbocycles. The van der Waals surface area contributed by atoms with Gasteiger partial charge in [-0.1, -0.05) is 12.1 Å². The zero-order valence-electron chi connectivity index (χ0n) is 28.6. The largest absolute Gasteiger partial charge is 0.493 e. The summed E-state index contributed by atoms with van der Waals surface area (Å²) >= 11 is 1.63. The molecule has 0 unspecified atom stereocenters. The van der Waals surface area contributed by atoms with Crippen LogP contribution < -0.4 is 33.2 Å². The van der Waals surface area contributed by atoms with Gasteiger partial charge in [0.05, 0.1) is 70.4 Å². The maximum Gasteiger partial charge on any atom is 0.244 e. The number of hydrogen-bond acceptors (Lipinski definition) is 11. The molecule has 0 spiro atoms. The van der Waals surface area contributed by atoms with Crippen molar-refractivity contribution in [2.75, 3.05) is 48.8 Å². The van der Waals surface area contributed by atoms with E-state index >= 15 is 0 Å². The molecule has 0 aliphatic carbocycles. The second kappa shape index (κ2) is 15.2. The Morgan fingerprint density at radius 2 is 1.24 bits per heavy atom. The summed E-state index contributed by atoms with van der Waals surface area (Å²) in [5.74, 6) is 3.50. The summed E-state index contributed by atoms with van der Waals surface area (Å²) in [5, 5.41) is 5.53. The fourth-order valence-electron chi connectivity index (χ4n) is 5.49. The summed E-state index contributed by atoms with van der Waals surface area (Å²) in [6.45, 7) is 2.19.